The number of aromatic nitrogens is 5. The van der Waals surface area contributed by atoms with Crippen molar-refractivity contribution in [2.75, 3.05) is 14.2 Å². The number of hydrogen-bond donors (Lipinski definition) is 0. The molecule has 5 aromatic rings. The lowest BCUT2D eigenvalue weighted by Crippen LogP contribution is -2.12. The monoisotopic (exact) mass is 481 g/mol. The lowest BCUT2D eigenvalue weighted by molar-refractivity contribution is 0.355. The molecular formula is C28H27N5O3. The molecule has 8 nitrogen and oxygen atoms in total. The number of rotatable bonds is 6. The number of benzene rings is 2. The Kier molecular flexibility index (Phi) is 6.01. The summed E-state index contributed by atoms with van der Waals surface area (Å²) in [5.74, 6) is 2.23. The van der Waals surface area contributed by atoms with Crippen LogP contribution in [0.25, 0.3) is 27.8 Å². The van der Waals surface area contributed by atoms with Gasteiger partial charge in [0.2, 0.25) is 5.88 Å². The van der Waals surface area contributed by atoms with Gasteiger partial charge in [-0.05, 0) is 36.4 Å². The van der Waals surface area contributed by atoms with E-state index in [0.717, 1.165) is 28.0 Å². The van der Waals surface area contributed by atoms with Crippen LogP contribution in [0, 0.1) is 0 Å². The SMILES string of the molecule is COc1cc2ncnc(Oc3cccc(-c4cc(C(C)(C)C)nn4-c4cccnc4)c3)c2cc1OC. The molecule has 0 aliphatic carbocycles. The molecule has 5 rings (SSSR count). The van der Waals surface area contributed by atoms with Gasteiger partial charge in [0, 0.05) is 23.2 Å². The van der Waals surface area contributed by atoms with Crippen LogP contribution in [0.2, 0.25) is 0 Å². The van der Waals surface area contributed by atoms with Gasteiger partial charge in [0.05, 0.1) is 48.4 Å². The Morgan fingerprint density at radius 2 is 1.67 bits per heavy atom. The van der Waals surface area contributed by atoms with E-state index in [1.165, 1.54) is 6.33 Å². The summed E-state index contributed by atoms with van der Waals surface area (Å²) in [6.45, 7) is 6.45. The van der Waals surface area contributed by atoms with E-state index in [2.05, 4.69) is 41.8 Å². The minimum absolute atomic E-state index is 0.115. The summed E-state index contributed by atoms with van der Waals surface area (Å²) in [5.41, 5.74) is 4.34. The first-order valence-electron chi connectivity index (χ1n) is 11.5. The van der Waals surface area contributed by atoms with Crippen LogP contribution in [-0.2, 0) is 5.41 Å². The first kappa shape index (κ1) is 23.3. The maximum Gasteiger partial charge on any atom is 0.230 e. The van der Waals surface area contributed by atoms with E-state index < -0.39 is 0 Å². The Bertz CT molecular complexity index is 1520. The van der Waals surface area contributed by atoms with Crippen LogP contribution >= 0.6 is 0 Å². The standard InChI is InChI=1S/C28H27N5O3/c1-28(2,3)26-15-23(33(32-26)19-9-7-11-29-16-19)18-8-6-10-20(12-18)36-27-21-13-24(34-4)25(35-5)14-22(21)30-17-31-27/h6-17H,1-5H3. The Hall–Kier alpha value is -4.46. The molecular weight excluding hydrogens is 454 g/mol. The first-order valence-corrected chi connectivity index (χ1v) is 11.5. The number of methoxy groups -OCH3 is 2. The minimum atomic E-state index is -0.115. The average Bonchev–Trinajstić information content (AvgIpc) is 3.35. The van der Waals surface area contributed by atoms with Gasteiger partial charge in [0.25, 0.3) is 0 Å². The van der Waals surface area contributed by atoms with Crippen LogP contribution in [0.5, 0.6) is 23.1 Å². The second-order valence-electron chi connectivity index (χ2n) is 9.32. The predicted octanol–water partition coefficient (Wildman–Crippen LogP) is 5.98. The molecule has 0 aliphatic rings. The van der Waals surface area contributed by atoms with E-state index in [4.69, 9.17) is 19.3 Å². The Balaban J connectivity index is 1.57. The van der Waals surface area contributed by atoms with Gasteiger partial charge in [-0.1, -0.05) is 32.9 Å². The highest BCUT2D eigenvalue weighted by molar-refractivity contribution is 5.87. The molecule has 0 spiro atoms. The quantitative estimate of drug-likeness (QED) is 0.295. The molecule has 0 N–H and O–H groups in total. The van der Waals surface area contributed by atoms with Gasteiger partial charge in [0.15, 0.2) is 11.5 Å². The van der Waals surface area contributed by atoms with Gasteiger partial charge in [0.1, 0.15) is 12.1 Å². The second-order valence-corrected chi connectivity index (χ2v) is 9.32. The zero-order valence-electron chi connectivity index (χ0n) is 20.9. The summed E-state index contributed by atoms with van der Waals surface area (Å²) in [6.07, 6.45) is 5.03. The molecule has 0 radical (unpaired) electrons. The molecule has 36 heavy (non-hydrogen) atoms. The number of ether oxygens (including phenoxy) is 3. The lowest BCUT2D eigenvalue weighted by atomic mass is 9.92. The van der Waals surface area contributed by atoms with Gasteiger partial charge in [-0.15, -0.1) is 0 Å². The highest BCUT2D eigenvalue weighted by atomic mass is 16.5. The number of nitrogens with zero attached hydrogens (tertiary/aromatic N) is 5. The van der Waals surface area contributed by atoms with Gasteiger partial charge in [-0.2, -0.15) is 5.10 Å². The Labute approximate surface area is 209 Å². The summed E-state index contributed by atoms with van der Waals surface area (Å²) >= 11 is 0. The third-order valence-corrected chi connectivity index (χ3v) is 5.82. The Morgan fingerprint density at radius 1 is 0.861 bits per heavy atom. The molecule has 8 heteroatoms. The zero-order chi connectivity index (χ0) is 25.3. The van der Waals surface area contributed by atoms with Crippen molar-refractivity contribution in [2.45, 2.75) is 26.2 Å². The summed E-state index contributed by atoms with van der Waals surface area (Å²) in [7, 11) is 3.18. The molecule has 0 atom stereocenters. The zero-order valence-corrected chi connectivity index (χ0v) is 20.9. The van der Waals surface area contributed by atoms with E-state index in [0.29, 0.717) is 28.6 Å². The molecule has 2 aromatic carbocycles. The van der Waals surface area contributed by atoms with Crippen molar-refractivity contribution >= 4 is 10.9 Å². The molecule has 3 heterocycles. The molecule has 3 aromatic heterocycles. The summed E-state index contributed by atoms with van der Waals surface area (Å²) < 4.78 is 19.0. The van der Waals surface area contributed by atoms with Crippen molar-refractivity contribution in [1.29, 1.82) is 0 Å². The minimum Gasteiger partial charge on any atom is -0.493 e. The molecule has 0 unspecified atom stereocenters. The lowest BCUT2D eigenvalue weighted by Gasteiger charge is -2.14. The number of pyridine rings is 1. The molecule has 0 amide bonds. The van der Waals surface area contributed by atoms with Crippen LogP contribution in [0.1, 0.15) is 26.5 Å². The van der Waals surface area contributed by atoms with Crippen LogP contribution in [0.15, 0.2) is 73.3 Å². The summed E-state index contributed by atoms with van der Waals surface area (Å²) in [4.78, 5) is 13.0. The van der Waals surface area contributed by atoms with E-state index in [9.17, 15) is 0 Å². The third-order valence-electron chi connectivity index (χ3n) is 5.82. The van der Waals surface area contributed by atoms with Crippen LogP contribution in [0.3, 0.4) is 0 Å². The molecule has 0 saturated heterocycles. The third kappa shape index (κ3) is 4.45. The fourth-order valence-corrected chi connectivity index (χ4v) is 3.90. The first-order chi connectivity index (χ1) is 17.4. The van der Waals surface area contributed by atoms with Crippen molar-refractivity contribution in [2.24, 2.45) is 0 Å². The van der Waals surface area contributed by atoms with Gasteiger partial charge in [-0.3, -0.25) is 4.98 Å². The largest absolute Gasteiger partial charge is 0.493 e. The maximum atomic E-state index is 6.26. The molecule has 0 aliphatic heterocycles. The van der Waals surface area contributed by atoms with Crippen LogP contribution in [-0.4, -0.2) is 39.0 Å². The van der Waals surface area contributed by atoms with Gasteiger partial charge >= 0.3 is 0 Å². The highest BCUT2D eigenvalue weighted by Crippen LogP contribution is 2.37. The smallest absolute Gasteiger partial charge is 0.230 e. The second kappa shape index (κ2) is 9.30. The molecule has 0 fully saturated rings. The van der Waals surface area contributed by atoms with Crippen molar-refractivity contribution < 1.29 is 14.2 Å². The molecule has 0 saturated carbocycles. The fourth-order valence-electron chi connectivity index (χ4n) is 3.90. The van der Waals surface area contributed by atoms with E-state index in [1.807, 2.05) is 47.1 Å². The van der Waals surface area contributed by atoms with Crippen molar-refractivity contribution in [3.63, 3.8) is 0 Å². The van der Waals surface area contributed by atoms with E-state index >= 15 is 0 Å². The molecule has 182 valence electrons. The maximum absolute atomic E-state index is 6.26. The summed E-state index contributed by atoms with van der Waals surface area (Å²) in [5, 5.41) is 5.63. The van der Waals surface area contributed by atoms with Crippen LogP contribution in [0.4, 0.5) is 0 Å². The molecule has 0 bridgehead atoms. The highest BCUT2D eigenvalue weighted by Gasteiger charge is 2.22. The predicted molar refractivity (Wildman–Crippen MR) is 138 cm³/mol. The van der Waals surface area contributed by atoms with Gasteiger partial charge in [-0.25, -0.2) is 14.6 Å². The van der Waals surface area contributed by atoms with Crippen LogP contribution < -0.4 is 14.2 Å². The number of fused-ring (bicyclic) bond motifs is 1. The fraction of sp³-hybridized carbons (Fsp3) is 0.214. The number of hydrogen-bond acceptors (Lipinski definition) is 7. The van der Waals surface area contributed by atoms with E-state index in [-0.39, 0.29) is 5.41 Å². The van der Waals surface area contributed by atoms with E-state index in [1.54, 1.807) is 32.7 Å². The Morgan fingerprint density at radius 3 is 2.39 bits per heavy atom. The average molecular weight is 482 g/mol. The van der Waals surface area contributed by atoms with Crippen molar-refractivity contribution in [3.05, 3.63) is 79.0 Å². The topological polar surface area (TPSA) is 84.2 Å². The van der Waals surface area contributed by atoms with Crippen molar-refractivity contribution in [3.8, 4) is 40.1 Å². The van der Waals surface area contributed by atoms with Gasteiger partial charge < -0.3 is 14.2 Å². The normalized spacial score (nSPS) is 11.5. The summed E-state index contributed by atoms with van der Waals surface area (Å²) in [6, 6.07) is 17.5. The van der Waals surface area contributed by atoms with Crippen molar-refractivity contribution in [1.82, 2.24) is 24.7 Å².